The molecule has 1 aliphatic rings. The first-order chi connectivity index (χ1) is 17.0. The van der Waals surface area contributed by atoms with E-state index in [0.717, 1.165) is 41.2 Å². The van der Waals surface area contributed by atoms with Gasteiger partial charge in [-0.1, -0.05) is 36.4 Å². The summed E-state index contributed by atoms with van der Waals surface area (Å²) in [4.78, 5) is 14.3. The number of carbonyl (C=O) groups is 1. The first kappa shape index (κ1) is 23.0. The smallest absolute Gasteiger partial charge is 0.306 e. The Bertz CT molecular complexity index is 1360. The fourth-order valence-electron chi connectivity index (χ4n) is 4.96. The molecule has 4 nitrogen and oxygen atoms in total. The third kappa shape index (κ3) is 4.88. The fourth-order valence-corrected chi connectivity index (χ4v) is 4.96. The molecule has 0 spiro atoms. The molecule has 0 saturated heterocycles. The van der Waals surface area contributed by atoms with Crippen LogP contribution in [0.4, 0.5) is 5.69 Å². The van der Waals surface area contributed by atoms with Gasteiger partial charge < -0.3 is 14.4 Å². The molecule has 0 saturated carbocycles. The molecule has 1 atom stereocenters. The second-order valence-corrected chi connectivity index (χ2v) is 9.34. The molecule has 4 heteroatoms. The highest BCUT2D eigenvalue weighted by Gasteiger charge is 2.27. The molecule has 0 N–H and O–H groups in total. The fraction of sp³-hybridized carbons (Fsp3) is 0.258. The minimum atomic E-state index is -0.126. The molecule has 4 aromatic carbocycles. The quantitative estimate of drug-likeness (QED) is 0.268. The minimum absolute atomic E-state index is 0.126. The predicted molar refractivity (Wildman–Crippen MR) is 143 cm³/mol. The van der Waals surface area contributed by atoms with Crippen LogP contribution in [0, 0.1) is 0 Å². The number of aryl methyl sites for hydroxylation is 1. The Hall–Kier alpha value is -3.79. The van der Waals surface area contributed by atoms with Crippen molar-refractivity contribution in [2.75, 3.05) is 25.6 Å². The largest absolute Gasteiger partial charge is 0.466 e. The first-order valence-corrected chi connectivity index (χ1v) is 12.3. The molecule has 1 aliphatic carbocycles. The Morgan fingerprint density at radius 3 is 2.46 bits per heavy atom. The molecule has 0 amide bonds. The van der Waals surface area contributed by atoms with Crippen molar-refractivity contribution in [3.05, 3.63) is 90.0 Å². The highest BCUT2D eigenvalue weighted by molar-refractivity contribution is 5.88. The van der Waals surface area contributed by atoms with Gasteiger partial charge in [-0.25, -0.2) is 0 Å². The van der Waals surface area contributed by atoms with Crippen LogP contribution in [0.25, 0.3) is 21.9 Å². The van der Waals surface area contributed by atoms with Gasteiger partial charge in [0.05, 0.1) is 13.0 Å². The Morgan fingerprint density at radius 1 is 0.943 bits per heavy atom. The average Bonchev–Trinajstić information content (AvgIpc) is 3.25. The summed E-state index contributed by atoms with van der Waals surface area (Å²) in [7, 11) is 4.06. The van der Waals surface area contributed by atoms with Gasteiger partial charge in [0, 0.05) is 25.3 Å². The van der Waals surface area contributed by atoms with E-state index in [0.29, 0.717) is 13.0 Å². The number of nitrogens with zero attached hydrogens (tertiary/aromatic N) is 1. The number of hydrogen-bond acceptors (Lipinski definition) is 4. The molecule has 4 aromatic rings. The monoisotopic (exact) mass is 465 g/mol. The van der Waals surface area contributed by atoms with E-state index in [-0.39, 0.29) is 11.9 Å². The Morgan fingerprint density at radius 2 is 1.71 bits per heavy atom. The van der Waals surface area contributed by atoms with Crippen molar-refractivity contribution >= 4 is 22.4 Å². The van der Waals surface area contributed by atoms with Gasteiger partial charge >= 0.3 is 5.97 Å². The predicted octanol–water partition coefficient (Wildman–Crippen LogP) is 7.35. The number of benzene rings is 4. The second-order valence-electron chi connectivity index (χ2n) is 9.34. The van der Waals surface area contributed by atoms with Crippen LogP contribution >= 0.6 is 0 Å². The van der Waals surface area contributed by atoms with Gasteiger partial charge in [0.25, 0.3) is 0 Å². The van der Waals surface area contributed by atoms with Crippen molar-refractivity contribution in [1.82, 2.24) is 0 Å². The normalized spacial score (nSPS) is 14.5. The van der Waals surface area contributed by atoms with Crippen molar-refractivity contribution in [3.8, 4) is 22.6 Å². The zero-order chi connectivity index (χ0) is 24.4. The zero-order valence-corrected chi connectivity index (χ0v) is 20.6. The highest BCUT2D eigenvalue weighted by Crippen LogP contribution is 2.44. The van der Waals surface area contributed by atoms with Crippen LogP contribution in [0.3, 0.4) is 0 Å². The van der Waals surface area contributed by atoms with E-state index in [9.17, 15) is 4.79 Å². The van der Waals surface area contributed by atoms with Crippen molar-refractivity contribution in [3.63, 3.8) is 0 Å². The molecule has 5 rings (SSSR count). The molecule has 1 unspecified atom stereocenters. The number of hydrogen-bond donors (Lipinski definition) is 0. The number of ether oxygens (including phenoxy) is 2. The third-order valence-corrected chi connectivity index (χ3v) is 6.80. The maximum Gasteiger partial charge on any atom is 0.306 e. The van der Waals surface area contributed by atoms with Crippen LogP contribution in [0.5, 0.6) is 11.5 Å². The average molecular weight is 466 g/mol. The summed E-state index contributed by atoms with van der Waals surface area (Å²) in [5, 5.41) is 2.40. The van der Waals surface area contributed by atoms with Crippen LogP contribution in [-0.4, -0.2) is 26.7 Å². The Kier molecular flexibility index (Phi) is 6.45. The van der Waals surface area contributed by atoms with Crippen LogP contribution in [0.1, 0.15) is 36.8 Å². The van der Waals surface area contributed by atoms with Crippen LogP contribution in [0.2, 0.25) is 0 Å². The van der Waals surface area contributed by atoms with Gasteiger partial charge in [0.2, 0.25) is 0 Å². The van der Waals surface area contributed by atoms with Crippen LogP contribution < -0.4 is 9.64 Å². The summed E-state index contributed by atoms with van der Waals surface area (Å²) in [6, 6.07) is 27.5. The standard InChI is InChI=1S/C31H31NO3/c1-4-34-31(33)19-25-12-11-24-18-30(35-27-15-13-26(14-16-27)32(2)3)29(20-28(24)25)23-10-9-21-7-5-6-8-22(21)17-23/h5-10,13-18,20,25H,4,11-12,19H2,1-3H3. The van der Waals surface area contributed by atoms with Crippen molar-refractivity contribution in [1.29, 1.82) is 0 Å². The van der Waals surface area contributed by atoms with Gasteiger partial charge in [-0.3, -0.25) is 4.79 Å². The maximum atomic E-state index is 12.2. The van der Waals surface area contributed by atoms with Crippen molar-refractivity contribution in [2.45, 2.75) is 32.1 Å². The summed E-state index contributed by atoms with van der Waals surface area (Å²) in [5.41, 5.74) is 5.76. The van der Waals surface area contributed by atoms with Crippen molar-refractivity contribution in [2.24, 2.45) is 0 Å². The summed E-state index contributed by atoms with van der Waals surface area (Å²) < 4.78 is 11.7. The Balaban J connectivity index is 1.56. The van der Waals surface area contributed by atoms with Crippen LogP contribution in [-0.2, 0) is 16.0 Å². The Labute approximate surface area is 207 Å². The van der Waals surface area contributed by atoms with Crippen molar-refractivity contribution < 1.29 is 14.3 Å². The maximum absolute atomic E-state index is 12.2. The summed E-state index contributed by atoms with van der Waals surface area (Å²) >= 11 is 0. The molecule has 0 fully saturated rings. The van der Waals surface area contributed by atoms with Crippen LogP contribution in [0.15, 0.2) is 78.9 Å². The molecular formula is C31H31NO3. The van der Waals surface area contributed by atoms with E-state index < -0.39 is 0 Å². The molecule has 0 bridgehead atoms. The lowest BCUT2D eigenvalue weighted by Gasteiger charge is -2.18. The van der Waals surface area contributed by atoms with E-state index in [2.05, 4.69) is 71.6 Å². The lowest BCUT2D eigenvalue weighted by molar-refractivity contribution is -0.143. The molecule has 0 aliphatic heterocycles. The first-order valence-electron chi connectivity index (χ1n) is 12.3. The van der Waals surface area contributed by atoms with E-state index in [4.69, 9.17) is 9.47 Å². The summed E-state index contributed by atoms with van der Waals surface area (Å²) in [6.45, 7) is 2.27. The van der Waals surface area contributed by atoms with E-state index >= 15 is 0 Å². The molecule has 0 aromatic heterocycles. The number of fused-ring (bicyclic) bond motifs is 2. The minimum Gasteiger partial charge on any atom is -0.466 e. The van der Waals surface area contributed by atoms with Gasteiger partial charge in [0.15, 0.2) is 0 Å². The molecule has 178 valence electrons. The number of rotatable bonds is 7. The van der Waals surface area contributed by atoms with E-state index in [1.54, 1.807) is 0 Å². The number of anilines is 1. The summed E-state index contributed by atoms with van der Waals surface area (Å²) in [5.74, 6) is 1.70. The topological polar surface area (TPSA) is 38.8 Å². The summed E-state index contributed by atoms with van der Waals surface area (Å²) in [6.07, 6.45) is 2.31. The molecule has 35 heavy (non-hydrogen) atoms. The van der Waals surface area contributed by atoms with Gasteiger partial charge in [0.1, 0.15) is 11.5 Å². The highest BCUT2D eigenvalue weighted by atomic mass is 16.5. The lowest BCUT2D eigenvalue weighted by atomic mass is 9.92. The lowest BCUT2D eigenvalue weighted by Crippen LogP contribution is -2.08. The zero-order valence-electron chi connectivity index (χ0n) is 20.6. The van der Waals surface area contributed by atoms with Gasteiger partial charge in [-0.15, -0.1) is 0 Å². The number of esters is 1. The SMILES string of the molecule is CCOC(=O)CC1CCc2cc(Oc3ccc(N(C)C)cc3)c(-c3ccc4ccccc4c3)cc21. The second kappa shape index (κ2) is 9.83. The molecular weight excluding hydrogens is 434 g/mol. The van der Waals surface area contributed by atoms with Gasteiger partial charge in [-0.2, -0.15) is 0 Å². The molecule has 0 radical (unpaired) electrons. The van der Waals surface area contributed by atoms with E-state index in [1.807, 2.05) is 33.2 Å². The number of carbonyl (C=O) groups excluding carboxylic acids is 1. The van der Waals surface area contributed by atoms with E-state index in [1.165, 1.54) is 21.9 Å². The van der Waals surface area contributed by atoms with Gasteiger partial charge in [-0.05, 0) is 95.6 Å². The molecule has 0 heterocycles. The third-order valence-electron chi connectivity index (χ3n) is 6.80.